The largest absolute Gasteiger partial charge is 0.487 e. The molecule has 2 heterocycles. The number of carboxylic acids is 1. The van der Waals surface area contributed by atoms with Crippen molar-refractivity contribution in [3.63, 3.8) is 0 Å². The number of carboxylic acid groups (broad SMARTS) is 1. The Morgan fingerprint density at radius 1 is 0.765 bits per heavy atom. The number of likely N-dealkylation sites (N-methyl/N-ethyl adjacent to an activating group) is 1. The fraction of sp³-hybridized carbons (Fsp3) is 0.393. The first kappa shape index (κ1) is 58.3. The smallest absolute Gasteiger partial charge is 0.410 e. The molecule has 5 amide bonds. The second-order valence-electron chi connectivity index (χ2n) is 22.6. The zero-order valence-electron chi connectivity index (χ0n) is 47.0. The van der Waals surface area contributed by atoms with E-state index >= 15 is 0 Å². The Morgan fingerprint density at radius 2 is 1.38 bits per heavy atom. The highest BCUT2D eigenvalue weighted by Crippen LogP contribution is 2.44. The average Bonchev–Trinajstić information content (AvgIpc) is 4.40. The summed E-state index contributed by atoms with van der Waals surface area (Å²) >= 11 is 0. The summed E-state index contributed by atoms with van der Waals surface area (Å²) < 4.78 is 23.8. The number of nitrogens with zero attached hydrogens (tertiary/aromatic N) is 5. The molecule has 5 aromatic carbocycles. The third-order valence-corrected chi connectivity index (χ3v) is 14.6. The van der Waals surface area contributed by atoms with Crippen LogP contribution in [0, 0.1) is 5.41 Å². The lowest BCUT2D eigenvalue weighted by molar-refractivity contribution is -0.146. The number of amides is 5. The molecule has 8 rings (SSSR count). The number of carbonyl (C=O) groups excluding carboxylic acids is 6. The fourth-order valence-corrected chi connectivity index (χ4v) is 10.1. The minimum absolute atomic E-state index is 0.0102. The first-order valence-corrected chi connectivity index (χ1v) is 26.9. The highest BCUT2D eigenvalue weighted by molar-refractivity contribution is 5.96. The molecule has 0 spiro atoms. The van der Waals surface area contributed by atoms with Gasteiger partial charge in [0.2, 0.25) is 17.7 Å². The van der Waals surface area contributed by atoms with E-state index in [0.29, 0.717) is 22.6 Å². The van der Waals surface area contributed by atoms with Crippen LogP contribution in [0.3, 0.4) is 0 Å². The van der Waals surface area contributed by atoms with Gasteiger partial charge in [0.1, 0.15) is 60.5 Å². The number of nitrogens with one attached hydrogen (secondary N) is 3. The third-order valence-electron chi connectivity index (χ3n) is 14.6. The molecule has 1 saturated heterocycles. The van der Waals surface area contributed by atoms with Crippen molar-refractivity contribution >= 4 is 52.6 Å². The van der Waals surface area contributed by atoms with Gasteiger partial charge in [-0.1, -0.05) is 129 Å². The van der Waals surface area contributed by atoms with Crippen molar-refractivity contribution in [2.75, 3.05) is 27.3 Å². The van der Waals surface area contributed by atoms with Crippen LogP contribution in [0.25, 0.3) is 21.9 Å². The van der Waals surface area contributed by atoms with E-state index in [-0.39, 0.29) is 44.9 Å². The monoisotopic (exact) mass is 1110 g/mol. The number of rotatable bonds is 19. The van der Waals surface area contributed by atoms with Gasteiger partial charge in [-0.05, 0) is 89.4 Å². The van der Waals surface area contributed by atoms with E-state index in [9.17, 15) is 38.7 Å². The Kier molecular flexibility index (Phi) is 17.8. The number of hydrogen-bond acceptors (Lipinski definition) is 13. The predicted molar refractivity (Wildman–Crippen MR) is 300 cm³/mol. The van der Waals surface area contributed by atoms with E-state index in [2.05, 4.69) is 26.3 Å². The van der Waals surface area contributed by atoms with Gasteiger partial charge in [-0.2, -0.15) is 0 Å². The quantitative estimate of drug-likeness (QED) is 0.0457. The van der Waals surface area contributed by atoms with E-state index in [1.807, 2.05) is 91.0 Å². The molecule has 1 aromatic heterocycles. The molecule has 2 aliphatic rings. The summed E-state index contributed by atoms with van der Waals surface area (Å²) in [5.41, 5.74) is 4.34. The number of ether oxygens (including phenoxy) is 4. The molecule has 0 saturated carbocycles. The molecule has 4 N–H and O–H groups in total. The average molecular weight is 1110 g/mol. The van der Waals surface area contributed by atoms with Gasteiger partial charge < -0.3 is 44.9 Å². The van der Waals surface area contributed by atoms with Crippen LogP contribution in [-0.2, 0) is 57.6 Å². The van der Waals surface area contributed by atoms with Crippen molar-refractivity contribution in [2.45, 2.75) is 122 Å². The molecule has 0 radical (unpaired) electrons. The third kappa shape index (κ3) is 14.2. The number of alkyl carbamates (subject to hydrolysis) is 1. The van der Waals surface area contributed by atoms with Gasteiger partial charge >= 0.3 is 24.1 Å². The molecule has 1 fully saturated rings. The second-order valence-corrected chi connectivity index (χ2v) is 22.6. The summed E-state index contributed by atoms with van der Waals surface area (Å²) in [6.07, 6.45) is 0.208. The minimum Gasteiger partial charge on any atom is -0.487 e. The normalized spacial score (nSPS) is 16.4. The van der Waals surface area contributed by atoms with Crippen LogP contribution in [0.4, 0.5) is 9.59 Å². The number of fused-ring (bicyclic) bond motifs is 4. The van der Waals surface area contributed by atoms with Crippen LogP contribution in [0.2, 0.25) is 0 Å². The van der Waals surface area contributed by atoms with Crippen LogP contribution in [0.5, 0.6) is 5.75 Å². The number of esters is 1. The van der Waals surface area contributed by atoms with E-state index < -0.39 is 89.1 Å². The first-order valence-electron chi connectivity index (χ1n) is 26.9. The lowest BCUT2D eigenvalue weighted by Gasteiger charge is -2.37. The summed E-state index contributed by atoms with van der Waals surface area (Å²) in [6.45, 7) is 11.9. The Morgan fingerprint density at radius 3 is 2.01 bits per heavy atom. The summed E-state index contributed by atoms with van der Waals surface area (Å²) in [5, 5.41) is 29.2. The molecule has 20 nitrogen and oxygen atoms in total. The molecular weight excluding hydrogens is 1040 g/mol. The van der Waals surface area contributed by atoms with Gasteiger partial charge in [-0.15, -0.1) is 5.10 Å². The van der Waals surface area contributed by atoms with Crippen LogP contribution >= 0.6 is 0 Å². The zero-order chi connectivity index (χ0) is 58.3. The van der Waals surface area contributed by atoms with Crippen molar-refractivity contribution in [3.8, 4) is 16.9 Å². The zero-order valence-corrected chi connectivity index (χ0v) is 47.0. The standard InChI is InChI=1S/C61H70N8O12/c1-36(67(8)59(77)81-61(5,6)7)53(70)64-52(60(2,3)4)55(72)68-33-42(31-51(68)54(71)62-49(56(73)74)30-38-22-25-39-16-10-11-17-40(39)28-38)69-32-41(65-66-69)34-79-43-26-23-37(24-27-43)29-50(57(75)78-9)63-58(76)80-35-48-46-20-14-12-18-44(46)45-19-13-15-21-47(45)48/h10-28,32,36,42,48-52H,29-31,33-35H2,1-9H3,(H,62,71)(H,63,76)(H,64,70)(H,73,74). The molecule has 20 heteroatoms. The van der Waals surface area contributed by atoms with Crippen LogP contribution in [0.15, 0.2) is 121 Å². The number of aromatic nitrogens is 3. The molecule has 6 aromatic rings. The molecule has 0 bridgehead atoms. The van der Waals surface area contributed by atoms with Crippen molar-refractivity contribution < 1.29 is 57.6 Å². The van der Waals surface area contributed by atoms with Gasteiger partial charge in [-0.25, -0.2) is 23.9 Å². The van der Waals surface area contributed by atoms with Crippen molar-refractivity contribution in [1.82, 2.24) is 40.7 Å². The topological polar surface area (TPSA) is 250 Å². The number of likely N-dealkylation sites (tertiary alicyclic amines) is 1. The van der Waals surface area contributed by atoms with Gasteiger partial charge in [-0.3, -0.25) is 19.3 Å². The number of aliphatic carboxylic acids is 1. The maximum atomic E-state index is 14.9. The van der Waals surface area contributed by atoms with Crippen LogP contribution in [0.1, 0.15) is 94.8 Å². The number of methoxy groups -OCH3 is 1. The minimum atomic E-state index is -1.36. The van der Waals surface area contributed by atoms with Crippen molar-refractivity contribution in [2.24, 2.45) is 5.41 Å². The van der Waals surface area contributed by atoms with Gasteiger partial charge in [0.05, 0.1) is 19.3 Å². The highest BCUT2D eigenvalue weighted by Gasteiger charge is 2.47. The molecule has 1 aliphatic carbocycles. The second kappa shape index (κ2) is 24.7. The van der Waals surface area contributed by atoms with E-state index in [1.165, 1.54) is 30.7 Å². The van der Waals surface area contributed by atoms with E-state index in [0.717, 1.165) is 37.9 Å². The number of benzene rings is 5. The summed E-state index contributed by atoms with van der Waals surface area (Å²) in [7, 11) is 2.66. The number of carbonyl (C=O) groups is 7. The Labute approximate surface area is 470 Å². The maximum Gasteiger partial charge on any atom is 0.410 e. The summed E-state index contributed by atoms with van der Waals surface area (Å²) in [5.74, 6) is -3.58. The Balaban J connectivity index is 0.932. The number of hydrogen-bond donors (Lipinski definition) is 4. The lowest BCUT2D eigenvalue weighted by Crippen LogP contribution is -2.60. The Hall–Kier alpha value is -8.81. The van der Waals surface area contributed by atoms with E-state index in [1.54, 1.807) is 72.0 Å². The van der Waals surface area contributed by atoms with Crippen molar-refractivity contribution in [3.05, 3.63) is 149 Å². The van der Waals surface area contributed by atoms with E-state index in [4.69, 9.17) is 18.9 Å². The molecular formula is C61H70N8O12. The lowest BCUT2D eigenvalue weighted by atomic mass is 9.85. The molecule has 81 heavy (non-hydrogen) atoms. The van der Waals surface area contributed by atoms with Crippen LogP contribution in [-0.4, -0.2) is 135 Å². The van der Waals surface area contributed by atoms with Gasteiger partial charge in [0, 0.05) is 38.8 Å². The molecule has 1 aliphatic heterocycles. The fourth-order valence-electron chi connectivity index (χ4n) is 10.1. The van der Waals surface area contributed by atoms with Crippen LogP contribution < -0.4 is 20.7 Å². The SMILES string of the molecule is COC(=O)C(Cc1ccc(OCc2cn(C3CC(C(=O)NC(Cc4ccc5ccccc5c4)C(=O)O)N(C(=O)C(NC(=O)C(C)N(C)C(=O)OC(C)(C)C)C(C)(C)C)C3)nn2)cc1)NC(=O)OCC1c2ccccc2-c2ccccc21. The maximum absolute atomic E-state index is 14.9. The summed E-state index contributed by atoms with van der Waals surface area (Å²) in [6, 6.07) is 29.6. The van der Waals surface area contributed by atoms with Gasteiger partial charge in [0.25, 0.3) is 0 Å². The molecule has 6 unspecified atom stereocenters. The molecule has 6 atom stereocenters. The van der Waals surface area contributed by atoms with Crippen molar-refractivity contribution in [1.29, 1.82) is 0 Å². The summed E-state index contributed by atoms with van der Waals surface area (Å²) in [4.78, 5) is 97.6. The highest BCUT2D eigenvalue weighted by atomic mass is 16.6. The molecule has 426 valence electrons. The predicted octanol–water partition coefficient (Wildman–Crippen LogP) is 7.37. The first-order chi connectivity index (χ1) is 38.5. The van der Waals surface area contributed by atoms with Gasteiger partial charge in [0.15, 0.2) is 0 Å². The Bertz CT molecular complexity index is 3250.